The fraction of sp³-hybridized carbons (Fsp3) is 0.375. The highest BCUT2D eigenvalue weighted by Crippen LogP contribution is 2.31. The second-order valence-electron chi connectivity index (χ2n) is 5.59. The Kier molecular flexibility index (Phi) is 3.64. The van der Waals surface area contributed by atoms with Gasteiger partial charge in [-0.2, -0.15) is 0 Å². The maximum absolute atomic E-state index is 12.3. The third kappa shape index (κ3) is 2.63. The summed E-state index contributed by atoms with van der Waals surface area (Å²) in [4.78, 5) is 26.5. The lowest BCUT2D eigenvalue weighted by molar-refractivity contribution is -0.142. The molecule has 2 unspecified atom stereocenters. The lowest BCUT2D eigenvalue weighted by atomic mass is 9.96. The molecule has 0 saturated heterocycles. The van der Waals surface area contributed by atoms with Crippen LogP contribution in [-0.4, -0.2) is 28.5 Å². The number of hydrogen-bond donors (Lipinski definition) is 3. The van der Waals surface area contributed by atoms with Crippen LogP contribution in [0.2, 0.25) is 0 Å². The summed E-state index contributed by atoms with van der Waals surface area (Å²) in [6.45, 7) is 0.427. The molecule has 21 heavy (non-hydrogen) atoms. The molecule has 110 valence electrons. The van der Waals surface area contributed by atoms with Crippen LogP contribution < -0.4 is 5.32 Å². The van der Waals surface area contributed by atoms with Gasteiger partial charge in [-0.1, -0.05) is 12.5 Å². The van der Waals surface area contributed by atoms with Crippen LogP contribution in [0.3, 0.4) is 0 Å². The number of nitrogens with one attached hydrogen (secondary N) is 2. The molecule has 1 amide bonds. The third-order valence-corrected chi connectivity index (χ3v) is 4.34. The standard InChI is InChI=1S/C16H18N2O3/c19-15(13-5-2-6-14-12(13)7-8-17-14)18-9-10-3-1-4-11(10)16(20)21/h2,5-8,10-11,17H,1,3-4,9H2,(H,18,19)(H,20,21). The number of carbonyl (C=O) groups is 2. The molecule has 5 heteroatoms. The largest absolute Gasteiger partial charge is 0.481 e. The zero-order valence-electron chi connectivity index (χ0n) is 11.6. The van der Waals surface area contributed by atoms with Crippen molar-refractivity contribution in [2.75, 3.05) is 6.54 Å². The molecule has 3 rings (SSSR count). The Balaban J connectivity index is 1.69. The van der Waals surface area contributed by atoms with Crippen LogP contribution in [0.15, 0.2) is 30.5 Å². The predicted octanol–water partition coefficient (Wildman–Crippen LogP) is 2.40. The van der Waals surface area contributed by atoms with Gasteiger partial charge in [0.1, 0.15) is 0 Å². The summed E-state index contributed by atoms with van der Waals surface area (Å²) in [5, 5.41) is 12.9. The van der Waals surface area contributed by atoms with E-state index in [-0.39, 0.29) is 17.7 Å². The van der Waals surface area contributed by atoms with E-state index >= 15 is 0 Å². The summed E-state index contributed by atoms with van der Waals surface area (Å²) >= 11 is 0. The van der Waals surface area contributed by atoms with Crippen molar-refractivity contribution in [1.82, 2.24) is 10.3 Å². The van der Waals surface area contributed by atoms with Gasteiger partial charge in [0.05, 0.1) is 5.92 Å². The van der Waals surface area contributed by atoms with Gasteiger partial charge in [0.2, 0.25) is 0 Å². The molecule has 2 atom stereocenters. The zero-order valence-corrected chi connectivity index (χ0v) is 11.6. The Hall–Kier alpha value is -2.30. The van der Waals surface area contributed by atoms with Gasteiger partial charge in [-0.15, -0.1) is 0 Å². The SMILES string of the molecule is O=C(NCC1CCCC1C(=O)O)c1cccc2[nH]ccc12. The number of aromatic amines is 1. The number of H-pyrrole nitrogens is 1. The van der Waals surface area contributed by atoms with Crippen molar-refractivity contribution in [3.05, 3.63) is 36.0 Å². The lowest BCUT2D eigenvalue weighted by Gasteiger charge is -2.16. The van der Waals surface area contributed by atoms with Gasteiger partial charge in [0.25, 0.3) is 5.91 Å². The van der Waals surface area contributed by atoms with Gasteiger partial charge in [-0.25, -0.2) is 0 Å². The molecule has 1 aromatic heterocycles. The van der Waals surface area contributed by atoms with Crippen molar-refractivity contribution < 1.29 is 14.7 Å². The molecule has 1 aromatic carbocycles. The number of aliphatic carboxylic acids is 1. The highest BCUT2D eigenvalue weighted by atomic mass is 16.4. The van der Waals surface area contributed by atoms with Crippen molar-refractivity contribution >= 4 is 22.8 Å². The van der Waals surface area contributed by atoms with Crippen molar-refractivity contribution in [3.8, 4) is 0 Å². The second-order valence-corrected chi connectivity index (χ2v) is 5.59. The van der Waals surface area contributed by atoms with Crippen LogP contribution >= 0.6 is 0 Å². The molecule has 0 aliphatic heterocycles. The van der Waals surface area contributed by atoms with Crippen molar-refractivity contribution in [2.45, 2.75) is 19.3 Å². The Bertz CT molecular complexity index is 677. The molecule has 1 aliphatic rings. The molecule has 1 saturated carbocycles. The Morgan fingerprint density at radius 2 is 2.14 bits per heavy atom. The second kappa shape index (κ2) is 5.60. The molecule has 0 spiro atoms. The summed E-state index contributed by atoms with van der Waals surface area (Å²) < 4.78 is 0. The fourth-order valence-electron chi connectivity index (χ4n) is 3.21. The first-order valence-electron chi connectivity index (χ1n) is 7.24. The van der Waals surface area contributed by atoms with E-state index in [1.165, 1.54) is 0 Å². The molecule has 5 nitrogen and oxygen atoms in total. The fourth-order valence-corrected chi connectivity index (χ4v) is 3.21. The van der Waals surface area contributed by atoms with E-state index in [2.05, 4.69) is 10.3 Å². The van der Waals surface area contributed by atoms with E-state index in [9.17, 15) is 9.59 Å². The monoisotopic (exact) mass is 286 g/mol. The maximum atomic E-state index is 12.3. The summed E-state index contributed by atoms with van der Waals surface area (Å²) in [5.74, 6) is -1.18. The minimum atomic E-state index is -0.750. The van der Waals surface area contributed by atoms with E-state index in [4.69, 9.17) is 5.11 Å². The average molecular weight is 286 g/mol. The molecular formula is C16H18N2O3. The van der Waals surface area contributed by atoms with Crippen LogP contribution in [0, 0.1) is 11.8 Å². The topological polar surface area (TPSA) is 82.2 Å². The molecule has 0 radical (unpaired) electrons. The van der Waals surface area contributed by atoms with Gasteiger partial charge in [-0.05, 0) is 37.0 Å². The number of fused-ring (bicyclic) bond motifs is 1. The van der Waals surface area contributed by atoms with Crippen LogP contribution in [0.1, 0.15) is 29.6 Å². The molecular weight excluding hydrogens is 268 g/mol. The summed E-state index contributed by atoms with van der Waals surface area (Å²) in [5.41, 5.74) is 1.55. The molecule has 0 bridgehead atoms. The number of aromatic nitrogens is 1. The van der Waals surface area contributed by atoms with Crippen LogP contribution in [-0.2, 0) is 4.79 Å². The van der Waals surface area contributed by atoms with Crippen molar-refractivity contribution in [1.29, 1.82) is 0 Å². The first kappa shape index (κ1) is 13.7. The number of benzene rings is 1. The quantitative estimate of drug-likeness (QED) is 0.807. The van der Waals surface area contributed by atoms with Crippen molar-refractivity contribution in [3.63, 3.8) is 0 Å². The van der Waals surface area contributed by atoms with Gasteiger partial charge in [0.15, 0.2) is 0 Å². The highest BCUT2D eigenvalue weighted by molar-refractivity contribution is 6.06. The smallest absolute Gasteiger partial charge is 0.306 e. The number of carboxylic acid groups (broad SMARTS) is 1. The van der Waals surface area contributed by atoms with E-state index in [0.717, 1.165) is 23.7 Å². The Labute approximate surface area is 122 Å². The van der Waals surface area contributed by atoms with Gasteiger partial charge >= 0.3 is 5.97 Å². The van der Waals surface area contributed by atoms with E-state index < -0.39 is 5.97 Å². The number of amides is 1. The predicted molar refractivity (Wildman–Crippen MR) is 79.1 cm³/mol. The molecule has 1 aliphatic carbocycles. The lowest BCUT2D eigenvalue weighted by Crippen LogP contribution is -2.33. The van der Waals surface area contributed by atoms with E-state index in [1.807, 2.05) is 18.2 Å². The number of hydrogen-bond acceptors (Lipinski definition) is 2. The van der Waals surface area contributed by atoms with Crippen LogP contribution in [0.5, 0.6) is 0 Å². The van der Waals surface area contributed by atoms with E-state index in [1.54, 1.807) is 12.3 Å². The Morgan fingerprint density at radius 1 is 1.29 bits per heavy atom. The number of carbonyl (C=O) groups excluding carboxylic acids is 1. The van der Waals surface area contributed by atoms with Crippen LogP contribution in [0.25, 0.3) is 10.9 Å². The highest BCUT2D eigenvalue weighted by Gasteiger charge is 2.32. The minimum Gasteiger partial charge on any atom is -0.481 e. The average Bonchev–Trinajstić information content (AvgIpc) is 3.12. The molecule has 1 fully saturated rings. The molecule has 1 heterocycles. The number of rotatable bonds is 4. The minimum absolute atomic E-state index is 0.0388. The van der Waals surface area contributed by atoms with Gasteiger partial charge in [-0.3, -0.25) is 9.59 Å². The zero-order chi connectivity index (χ0) is 14.8. The van der Waals surface area contributed by atoms with Crippen LogP contribution in [0.4, 0.5) is 0 Å². The molecule has 2 aromatic rings. The van der Waals surface area contributed by atoms with Gasteiger partial charge in [0, 0.05) is 29.2 Å². The maximum Gasteiger partial charge on any atom is 0.306 e. The number of carboxylic acids is 1. The van der Waals surface area contributed by atoms with Crippen molar-refractivity contribution in [2.24, 2.45) is 11.8 Å². The first-order valence-corrected chi connectivity index (χ1v) is 7.24. The summed E-state index contributed by atoms with van der Waals surface area (Å²) in [6, 6.07) is 7.42. The molecule has 3 N–H and O–H groups in total. The normalized spacial score (nSPS) is 21.5. The third-order valence-electron chi connectivity index (χ3n) is 4.34. The Morgan fingerprint density at radius 3 is 2.95 bits per heavy atom. The summed E-state index contributed by atoms with van der Waals surface area (Å²) in [7, 11) is 0. The van der Waals surface area contributed by atoms with Gasteiger partial charge < -0.3 is 15.4 Å². The first-order chi connectivity index (χ1) is 10.2. The van der Waals surface area contributed by atoms with E-state index in [0.29, 0.717) is 18.5 Å². The summed E-state index contributed by atoms with van der Waals surface area (Å²) in [6.07, 6.45) is 4.30.